The Balaban J connectivity index is 2.63. The van der Waals surface area contributed by atoms with E-state index in [0.29, 0.717) is 46.6 Å². The predicted molar refractivity (Wildman–Crippen MR) is 86.9 cm³/mol. The van der Waals surface area contributed by atoms with Gasteiger partial charge in [-0.1, -0.05) is 13.8 Å². The van der Waals surface area contributed by atoms with Crippen molar-refractivity contribution in [3.8, 4) is 11.5 Å². The molecule has 24 heavy (non-hydrogen) atoms. The second-order valence-electron chi connectivity index (χ2n) is 6.71. The van der Waals surface area contributed by atoms with Crippen molar-refractivity contribution < 1.29 is 29.0 Å². The molecular weight excluding hydrogens is 312 g/mol. The van der Waals surface area contributed by atoms with Crippen LogP contribution in [0.4, 0.5) is 0 Å². The molecule has 1 aliphatic rings. The first-order valence-electron chi connectivity index (χ1n) is 7.81. The fraction of sp³-hybridized carbons (Fsp3) is 0.500. The Labute approximate surface area is 140 Å². The van der Waals surface area contributed by atoms with Crippen molar-refractivity contribution in [2.24, 2.45) is 0 Å². The molecule has 0 aliphatic carbocycles. The summed E-state index contributed by atoms with van der Waals surface area (Å²) in [5.74, 6) is -1.54. The molecule has 0 unspecified atom stereocenters. The number of methoxy groups -OCH3 is 1. The van der Waals surface area contributed by atoms with Crippen LogP contribution in [0.3, 0.4) is 0 Å². The quantitative estimate of drug-likeness (QED) is 0.489. The first-order valence-corrected chi connectivity index (χ1v) is 7.81. The van der Waals surface area contributed by atoms with Gasteiger partial charge in [-0.3, -0.25) is 9.59 Å². The molecular formula is C18H22O6. The van der Waals surface area contributed by atoms with Crippen LogP contribution in [0.25, 0.3) is 0 Å². The van der Waals surface area contributed by atoms with Crippen molar-refractivity contribution in [2.45, 2.75) is 52.4 Å². The third-order valence-electron chi connectivity index (χ3n) is 4.55. The summed E-state index contributed by atoms with van der Waals surface area (Å²) >= 11 is 0. The third kappa shape index (κ3) is 2.88. The fourth-order valence-electron chi connectivity index (χ4n) is 3.37. The maximum Gasteiger partial charge on any atom is 0.385 e. The van der Waals surface area contributed by atoms with Gasteiger partial charge in [0, 0.05) is 28.7 Å². The second kappa shape index (κ2) is 6.26. The molecule has 6 nitrogen and oxygen atoms in total. The van der Waals surface area contributed by atoms with Crippen molar-refractivity contribution in [2.75, 3.05) is 7.11 Å². The molecule has 0 fully saturated rings. The molecule has 0 aromatic heterocycles. The molecule has 0 radical (unpaired) electrons. The average molecular weight is 334 g/mol. The number of ether oxygens (including phenoxy) is 2. The molecule has 2 bridgehead atoms. The average Bonchev–Trinajstić information content (AvgIpc) is 2.48. The van der Waals surface area contributed by atoms with Crippen LogP contribution in [-0.2, 0) is 15.0 Å². The van der Waals surface area contributed by atoms with Crippen molar-refractivity contribution in [3.63, 3.8) is 0 Å². The topological polar surface area (TPSA) is 89.9 Å². The number of hydrogen-bond donors (Lipinski definition) is 1. The van der Waals surface area contributed by atoms with Crippen molar-refractivity contribution in [1.82, 2.24) is 0 Å². The monoisotopic (exact) mass is 334 g/mol. The van der Waals surface area contributed by atoms with Gasteiger partial charge in [0.1, 0.15) is 11.5 Å². The zero-order chi connectivity index (χ0) is 18.2. The lowest BCUT2D eigenvalue weighted by atomic mass is 9.74. The number of carboxylic acids is 1. The number of carboxylic acid groups (broad SMARTS) is 1. The van der Waals surface area contributed by atoms with Crippen LogP contribution in [0.1, 0.15) is 60.2 Å². The summed E-state index contributed by atoms with van der Waals surface area (Å²) < 4.78 is 10.7. The number of carbonyl (C=O) groups excluding carboxylic acids is 2. The second-order valence-corrected chi connectivity index (χ2v) is 6.71. The van der Waals surface area contributed by atoms with E-state index in [-0.39, 0.29) is 6.42 Å². The minimum absolute atomic E-state index is 0.0487. The molecule has 0 saturated heterocycles. The lowest BCUT2D eigenvalue weighted by Crippen LogP contribution is -2.33. The number of fused-ring (bicyclic) bond motifs is 2. The Bertz CT molecular complexity index is 730. The van der Waals surface area contributed by atoms with E-state index >= 15 is 0 Å². The highest BCUT2D eigenvalue weighted by Gasteiger charge is 2.40. The predicted octanol–water partition coefficient (Wildman–Crippen LogP) is 2.95. The molecule has 0 atom stereocenters. The zero-order valence-corrected chi connectivity index (χ0v) is 14.6. The molecule has 1 aliphatic heterocycles. The van der Waals surface area contributed by atoms with E-state index in [1.54, 1.807) is 13.8 Å². The van der Waals surface area contributed by atoms with Gasteiger partial charge in [0.05, 0.1) is 7.11 Å². The number of hydrogen-bond acceptors (Lipinski definition) is 5. The number of rotatable bonds is 6. The molecule has 2 rings (SSSR count). The number of ketones is 1. The van der Waals surface area contributed by atoms with Gasteiger partial charge in [-0.15, -0.1) is 0 Å². The molecule has 1 aromatic carbocycles. The standard InChI is InChI=1S/C18H22O6/c1-9-12-13(18(3,4)8-6-7-11(19)20)16(23-5)10(2)15(9)24-17(22)14(12)21/h6-8H2,1-5H3,(H,19,20). The summed E-state index contributed by atoms with van der Waals surface area (Å²) in [5.41, 5.74) is 1.73. The Morgan fingerprint density at radius 1 is 1.21 bits per heavy atom. The van der Waals surface area contributed by atoms with Gasteiger partial charge >= 0.3 is 11.9 Å². The minimum atomic E-state index is -0.890. The van der Waals surface area contributed by atoms with Crippen LogP contribution < -0.4 is 9.47 Å². The number of Topliss-reactive ketones (excluding diaryl/α,β-unsaturated/α-hetero) is 1. The Kier molecular flexibility index (Phi) is 4.69. The summed E-state index contributed by atoms with van der Waals surface area (Å²) in [6, 6.07) is 0. The Morgan fingerprint density at radius 2 is 1.83 bits per heavy atom. The van der Waals surface area contributed by atoms with Gasteiger partial charge < -0.3 is 14.6 Å². The summed E-state index contributed by atoms with van der Waals surface area (Å²) in [6.07, 6.45) is 1.06. The molecule has 1 aromatic rings. The molecule has 0 amide bonds. The Hall–Kier alpha value is -2.37. The fourth-order valence-corrected chi connectivity index (χ4v) is 3.37. The van der Waals surface area contributed by atoms with Gasteiger partial charge in [0.15, 0.2) is 0 Å². The molecule has 6 heteroatoms. The summed E-state index contributed by atoms with van der Waals surface area (Å²) in [4.78, 5) is 35.1. The first-order chi connectivity index (χ1) is 11.1. The smallest absolute Gasteiger partial charge is 0.385 e. The van der Waals surface area contributed by atoms with Crippen LogP contribution in [0.15, 0.2) is 0 Å². The third-order valence-corrected chi connectivity index (χ3v) is 4.55. The van der Waals surface area contributed by atoms with Gasteiger partial charge in [-0.2, -0.15) is 0 Å². The highest BCUT2D eigenvalue weighted by Crippen LogP contribution is 2.47. The number of benzene rings is 1. The molecule has 130 valence electrons. The van der Waals surface area contributed by atoms with Crippen LogP contribution in [0.5, 0.6) is 11.5 Å². The van der Waals surface area contributed by atoms with E-state index < -0.39 is 23.1 Å². The van der Waals surface area contributed by atoms with E-state index in [1.807, 2.05) is 13.8 Å². The van der Waals surface area contributed by atoms with E-state index in [0.717, 1.165) is 0 Å². The van der Waals surface area contributed by atoms with Gasteiger partial charge in [-0.05, 0) is 32.1 Å². The Morgan fingerprint density at radius 3 is 2.38 bits per heavy atom. The molecule has 0 spiro atoms. The normalized spacial score (nSPS) is 13.7. The van der Waals surface area contributed by atoms with E-state index in [9.17, 15) is 14.4 Å². The number of aliphatic carboxylic acids is 1. The lowest BCUT2D eigenvalue weighted by molar-refractivity contribution is -0.137. The van der Waals surface area contributed by atoms with Crippen LogP contribution in [0, 0.1) is 13.8 Å². The summed E-state index contributed by atoms with van der Waals surface area (Å²) in [6.45, 7) is 7.38. The van der Waals surface area contributed by atoms with Crippen molar-refractivity contribution in [3.05, 3.63) is 22.3 Å². The maximum absolute atomic E-state index is 12.4. The van der Waals surface area contributed by atoms with E-state index in [4.69, 9.17) is 14.6 Å². The molecule has 1 heterocycles. The summed E-state index contributed by atoms with van der Waals surface area (Å²) in [7, 11) is 1.51. The maximum atomic E-state index is 12.4. The van der Waals surface area contributed by atoms with Crippen molar-refractivity contribution in [1.29, 1.82) is 0 Å². The minimum Gasteiger partial charge on any atom is -0.496 e. The van der Waals surface area contributed by atoms with Gasteiger partial charge in [0.2, 0.25) is 0 Å². The van der Waals surface area contributed by atoms with Crippen LogP contribution in [0.2, 0.25) is 0 Å². The van der Waals surface area contributed by atoms with Gasteiger partial charge in [-0.25, -0.2) is 4.79 Å². The van der Waals surface area contributed by atoms with E-state index in [1.165, 1.54) is 7.11 Å². The van der Waals surface area contributed by atoms with E-state index in [2.05, 4.69) is 0 Å². The first kappa shape index (κ1) is 18.0. The van der Waals surface area contributed by atoms with Gasteiger partial charge in [0.25, 0.3) is 5.78 Å². The van der Waals surface area contributed by atoms with Crippen LogP contribution >= 0.6 is 0 Å². The number of esters is 1. The lowest BCUT2D eigenvalue weighted by Gasteiger charge is -2.33. The largest absolute Gasteiger partial charge is 0.496 e. The SMILES string of the molecule is COc1c(C)c2c(C)c(c1C(C)(C)CCCC(=O)O)C(=O)C(=O)O2. The number of carbonyl (C=O) groups is 3. The summed E-state index contributed by atoms with van der Waals surface area (Å²) in [5, 5.41) is 8.85. The highest BCUT2D eigenvalue weighted by atomic mass is 16.5. The highest BCUT2D eigenvalue weighted by molar-refractivity contribution is 6.43. The molecule has 1 N–H and O–H groups in total. The van der Waals surface area contributed by atoms with Crippen LogP contribution in [-0.4, -0.2) is 29.9 Å². The zero-order valence-electron chi connectivity index (χ0n) is 14.6. The van der Waals surface area contributed by atoms with Crippen molar-refractivity contribution >= 4 is 17.7 Å². The molecule has 0 saturated carbocycles.